The summed E-state index contributed by atoms with van der Waals surface area (Å²) in [6.45, 7) is 4.14. The molecule has 1 aromatic carbocycles. The van der Waals surface area contributed by atoms with E-state index in [9.17, 15) is 9.18 Å². The van der Waals surface area contributed by atoms with Gasteiger partial charge in [-0.25, -0.2) is 9.18 Å². The second kappa shape index (κ2) is 5.03. The number of benzene rings is 1. The Labute approximate surface area is 107 Å². The number of aliphatic imine (C=N–C) groups is 1. The third-order valence-corrected chi connectivity index (χ3v) is 3.85. The average Bonchev–Trinajstić information content (AvgIpc) is 2.79. The summed E-state index contributed by atoms with van der Waals surface area (Å²) >= 11 is 0. The molecule has 0 radical (unpaired) electrons. The van der Waals surface area contributed by atoms with Crippen LogP contribution in [0.2, 0.25) is 0 Å². The minimum absolute atomic E-state index is 0.264. The molecule has 0 N–H and O–H groups in total. The fourth-order valence-corrected chi connectivity index (χ4v) is 2.75. The monoisotopic (exact) mass is 247 g/mol. The Morgan fingerprint density at radius 1 is 1.33 bits per heavy atom. The topological polar surface area (TPSA) is 29.4 Å². The molecule has 2 rings (SSSR count). The van der Waals surface area contributed by atoms with Crippen LogP contribution in [0.5, 0.6) is 0 Å². The first-order chi connectivity index (χ1) is 8.59. The smallest absolute Gasteiger partial charge is 0.211 e. The molecular weight excluding hydrogens is 229 g/mol. The molecule has 3 heteroatoms. The molecule has 1 aliphatic carbocycles. The highest BCUT2D eigenvalue weighted by Gasteiger charge is 2.38. The van der Waals surface area contributed by atoms with Crippen LogP contribution in [0.25, 0.3) is 0 Å². The summed E-state index contributed by atoms with van der Waals surface area (Å²) in [5, 5.41) is 0. The maximum absolute atomic E-state index is 14.1. The molecule has 0 aliphatic heterocycles. The van der Waals surface area contributed by atoms with E-state index in [1.54, 1.807) is 12.1 Å². The van der Waals surface area contributed by atoms with E-state index in [4.69, 9.17) is 0 Å². The largest absolute Gasteiger partial charge is 0.235 e. The fraction of sp³-hybridized carbons (Fsp3) is 0.533. The quantitative estimate of drug-likeness (QED) is 0.585. The minimum atomic E-state index is -0.670. The van der Waals surface area contributed by atoms with Crippen molar-refractivity contribution in [3.63, 3.8) is 0 Å². The molecule has 1 saturated carbocycles. The summed E-state index contributed by atoms with van der Waals surface area (Å²) in [4.78, 5) is 14.6. The van der Waals surface area contributed by atoms with Crippen LogP contribution in [-0.4, -0.2) is 6.08 Å². The van der Waals surface area contributed by atoms with Gasteiger partial charge < -0.3 is 0 Å². The maximum atomic E-state index is 14.1. The van der Waals surface area contributed by atoms with Crippen molar-refractivity contribution in [1.82, 2.24) is 0 Å². The molecule has 18 heavy (non-hydrogen) atoms. The van der Waals surface area contributed by atoms with Crippen LogP contribution in [0.3, 0.4) is 0 Å². The minimum Gasteiger partial charge on any atom is -0.211 e. The molecule has 0 atom stereocenters. The van der Waals surface area contributed by atoms with E-state index in [-0.39, 0.29) is 5.82 Å². The van der Waals surface area contributed by atoms with Gasteiger partial charge >= 0.3 is 0 Å². The van der Waals surface area contributed by atoms with Crippen molar-refractivity contribution in [3.8, 4) is 0 Å². The SMILES string of the molecule is CC(C)c1ccc(F)c(C2(N=C=O)CCCC2)c1. The lowest BCUT2D eigenvalue weighted by Crippen LogP contribution is -2.21. The van der Waals surface area contributed by atoms with E-state index in [0.29, 0.717) is 11.5 Å². The molecule has 0 aromatic heterocycles. The highest BCUT2D eigenvalue weighted by molar-refractivity contribution is 5.40. The molecule has 0 unspecified atom stereocenters. The summed E-state index contributed by atoms with van der Waals surface area (Å²) in [6.07, 6.45) is 5.07. The van der Waals surface area contributed by atoms with E-state index >= 15 is 0 Å². The molecule has 0 spiro atoms. The average molecular weight is 247 g/mol. The van der Waals surface area contributed by atoms with Crippen LogP contribution in [-0.2, 0) is 10.3 Å². The van der Waals surface area contributed by atoms with Crippen molar-refractivity contribution in [3.05, 3.63) is 35.1 Å². The predicted octanol–water partition coefficient (Wildman–Crippen LogP) is 4.05. The lowest BCUT2D eigenvalue weighted by atomic mass is 9.86. The fourth-order valence-electron chi connectivity index (χ4n) is 2.75. The summed E-state index contributed by atoms with van der Waals surface area (Å²) in [7, 11) is 0. The lowest BCUT2D eigenvalue weighted by Gasteiger charge is -2.24. The molecule has 0 bridgehead atoms. The van der Waals surface area contributed by atoms with Gasteiger partial charge in [0, 0.05) is 5.56 Å². The third kappa shape index (κ3) is 2.23. The van der Waals surface area contributed by atoms with Crippen molar-refractivity contribution >= 4 is 6.08 Å². The van der Waals surface area contributed by atoms with E-state index in [2.05, 4.69) is 18.8 Å². The van der Waals surface area contributed by atoms with Gasteiger partial charge in [-0.15, -0.1) is 0 Å². The first-order valence-electron chi connectivity index (χ1n) is 6.48. The van der Waals surface area contributed by atoms with Crippen molar-refractivity contribution in [1.29, 1.82) is 0 Å². The molecule has 0 saturated heterocycles. The Bertz CT molecular complexity index is 483. The number of hydrogen-bond acceptors (Lipinski definition) is 2. The van der Waals surface area contributed by atoms with Gasteiger partial charge in [-0.1, -0.05) is 38.8 Å². The molecule has 1 aliphatic rings. The summed E-state index contributed by atoms with van der Waals surface area (Å²) < 4.78 is 14.1. The standard InChI is InChI=1S/C15H18FNO/c1-11(2)12-5-6-14(16)13(9-12)15(17-10-18)7-3-4-8-15/h5-6,9,11H,3-4,7-8H2,1-2H3. The van der Waals surface area contributed by atoms with Crippen molar-refractivity contribution in [2.45, 2.75) is 51.0 Å². The zero-order valence-electron chi connectivity index (χ0n) is 10.9. The highest BCUT2D eigenvalue weighted by Crippen LogP contribution is 2.43. The Morgan fingerprint density at radius 3 is 2.56 bits per heavy atom. The summed E-state index contributed by atoms with van der Waals surface area (Å²) in [5.41, 5.74) is 0.977. The number of halogens is 1. The van der Waals surface area contributed by atoms with Crippen LogP contribution >= 0.6 is 0 Å². The highest BCUT2D eigenvalue weighted by atomic mass is 19.1. The lowest BCUT2D eigenvalue weighted by molar-refractivity contribution is 0.430. The van der Waals surface area contributed by atoms with Crippen molar-refractivity contribution in [2.75, 3.05) is 0 Å². The molecule has 1 aromatic rings. The molecule has 96 valence electrons. The Balaban J connectivity index is 2.53. The normalized spacial score (nSPS) is 17.8. The van der Waals surface area contributed by atoms with Gasteiger partial charge in [0.25, 0.3) is 0 Å². The molecule has 0 amide bonds. The second-order valence-corrected chi connectivity index (χ2v) is 5.34. The van der Waals surface area contributed by atoms with Gasteiger partial charge in [0.1, 0.15) is 11.4 Å². The van der Waals surface area contributed by atoms with Crippen LogP contribution < -0.4 is 0 Å². The van der Waals surface area contributed by atoms with Gasteiger partial charge in [0.2, 0.25) is 6.08 Å². The van der Waals surface area contributed by atoms with E-state index in [0.717, 1.165) is 31.2 Å². The van der Waals surface area contributed by atoms with Crippen LogP contribution in [0.4, 0.5) is 4.39 Å². The molecule has 1 fully saturated rings. The van der Waals surface area contributed by atoms with E-state index in [1.165, 1.54) is 6.07 Å². The first kappa shape index (κ1) is 13.0. The Kier molecular flexibility index (Phi) is 3.63. The van der Waals surface area contributed by atoms with Gasteiger partial charge in [-0.3, -0.25) is 0 Å². The Morgan fingerprint density at radius 2 is 2.00 bits per heavy atom. The first-order valence-corrected chi connectivity index (χ1v) is 6.48. The van der Waals surface area contributed by atoms with E-state index < -0.39 is 5.54 Å². The van der Waals surface area contributed by atoms with Gasteiger partial charge in [-0.05, 0) is 30.4 Å². The number of isocyanates is 1. The zero-order valence-corrected chi connectivity index (χ0v) is 10.9. The Hall–Kier alpha value is -1.47. The zero-order chi connectivity index (χ0) is 13.2. The summed E-state index contributed by atoms with van der Waals surface area (Å²) in [6, 6.07) is 5.16. The number of rotatable bonds is 3. The van der Waals surface area contributed by atoms with Crippen LogP contribution in [0.1, 0.15) is 56.6 Å². The van der Waals surface area contributed by atoms with Crippen LogP contribution in [0, 0.1) is 5.82 Å². The number of hydrogen-bond donors (Lipinski definition) is 0. The van der Waals surface area contributed by atoms with Crippen molar-refractivity contribution < 1.29 is 9.18 Å². The predicted molar refractivity (Wildman–Crippen MR) is 68.8 cm³/mol. The molecule has 0 heterocycles. The van der Waals surface area contributed by atoms with Gasteiger partial charge in [0.05, 0.1) is 0 Å². The summed E-state index contributed by atoms with van der Waals surface area (Å²) in [5.74, 6) is 0.0725. The van der Waals surface area contributed by atoms with Crippen LogP contribution in [0.15, 0.2) is 23.2 Å². The number of carbonyl (C=O) groups excluding carboxylic acids is 1. The third-order valence-electron chi connectivity index (χ3n) is 3.85. The van der Waals surface area contributed by atoms with Gasteiger partial charge in [0.15, 0.2) is 0 Å². The maximum Gasteiger partial charge on any atom is 0.235 e. The van der Waals surface area contributed by atoms with Crippen molar-refractivity contribution in [2.24, 2.45) is 4.99 Å². The van der Waals surface area contributed by atoms with Gasteiger partial charge in [-0.2, -0.15) is 4.99 Å². The molecular formula is C15H18FNO. The van der Waals surface area contributed by atoms with E-state index in [1.807, 2.05) is 6.07 Å². The molecule has 2 nitrogen and oxygen atoms in total. The number of nitrogens with zero attached hydrogens (tertiary/aromatic N) is 1. The second-order valence-electron chi connectivity index (χ2n) is 5.34.